The van der Waals surface area contributed by atoms with Gasteiger partial charge in [0, 0.05) is 44.7 Å². The molecule has 0 saturated carbocycles. The molecule has 0 radical (unpaired) electrons. The molecule has 4 heteroatoms. The molecule has 11 rings (SSSR count). The molecule has 0 fully saturated rings. The van der Waals surface area contributed by atoms with E-state index in [1.807, 2.05) is 24.5 Å². The van der Waals surface area contributed by atoms with Crippen LogP contribution in [-0.2, 0) is 0 Å². The van der Waals surface area contributed by atoms with E-state index < -0.39 is 0 Å². The van der Waals surface area contributed by atoms with Crippen LogP contribution in [0.25, 0.3) is 81.6 Å². The molecule has 242 valence electrons. The maximum Gasteiger partial charge on any atom is 0.0723 e. The van der Waals surface area contributed by atoms with E-state index in [9.17, 15) is 0 Å². The van der Waals surface area contributed by atoms with Crippen LogP contribution in [0.5, 0.6) is 0 Å². The number of fused-ring (bicyclic) bond motifs is 10. The van der Waals surface area contributed by atoms with Crippen molar-refractivity contribution < 1.29 is 0 Å². The molecule has 3 heterocycles. The first-order valence-electron chi connectivity index (χ1n) is 17.7. The fraction of sp³-hybridized carbons (Fsp3) is 0. The van der Waals surface area contributed by atoms with E-state index in [1.54, 1.807) is 0 Å². The summed E-state index contributed by atoms with van der Waals surface area (Å²) in [6.07, 6.45) is 3.73. The largest absolute Gasteiger partial charge is 0.309 e. The van der Waals surface area contributed by atoms with Gasteiger partial charge in [-0.15, -0.1) is 0 Å². The zero-order chi connectivity index (χ0) is 34.2. The Morgan fingerprint density at radius 2 is 0.846 bits per heavy atom. The van der Waals surface area contributed by atoms with Crippen molar-refractivity contribution in [3.63, 3.8) is 0 Å². The molecular formula is C48H30N4. The molecule has 0 aliphatic heterocycles. The summed E-state index contributed by atoms with van der Waals surface area (Å²) in [6.45, 7) is 0. The number of benzene rings is 8. The summed E-state index contributed by atoms with van der Waals surface area (Å²) >= 11 is 0. The minimum Gasteiger partial charge on any atom is -0.309 e. The normalized spacial score (nSPS) is 11.8. The van der Waals surface area contributed by atoms with Crippen molar-refractivity contribution in [3.8, 4) is 5.69 Å². The molecule has 52 heavy (non-hydrogen) atoms. The minimum atomic E-state index is 0.954. The Morgan fingerprint density at radius 3 is 1.56 bits per heavy atom. The second kappa shape index (κ2) is 11.2. The van der Waals surface area contributed by atoms with Crippen LogP contribution in [0.15, 0.2) is 182 Å². The molecule has 0 saturated heterocycles. The summed E-state index contributed by atoms with van der Waals surface area (Å²) in [4.78, 5) is 11.9. The average molecular weight is 663 g/mol. The van der Waals surface area contributed by atoms with Crippen molar-refractivity contribution >= 4 is 93.0 Å². The summed E-state index contributed by atoms with van der Waals surface area (Å²) in [5.41, 5.74) is 8.70. The third-order valence-electron chi connectivity index (χ3n) is 10.6. The molecule has 3 aromatic heterocycles. The summed E-state index contributed by atoms with van der Waals surface area (Å²) in [5, 5.41) is 12.0. The first kappa shape index (κ1) is 28.8. The Balaban J connectivity index is 1.30. The predicted octanol–water partition coefficient (Wildman–Crippen LogP) is 12.8. The summed E-state index contributed by atoms with van der Waals surface area (Å²) in [5.74, 6) is 0. The third kappa shape index (κ3) is 4.15. The maximum atomic E-state index is 4.75. The SMILES string of the molecule is c1ccc2c(-n3c4ccc5ccccc5c4c4c5cccc(N(c6cccc7ncccc67)c6cccc7ncccc67)c5ccc43)cccc2c1. The van der Waals surface area contributed by atoms with Crippen molar-refractivity contribution in [2.24, 2.45) is 0 Å². The zero-order valence-electron chi connectivity index (χ0n) is 28.1. The fourth-order valence-corrected chi connectivity index (χ4v) is 8.43. The van der Waals surface area contributed by atoms with Crippen molar-refractivity contribution in [1.82, 2.24) is 14.5 Å². The first-order valence-corrected chi connectivity index (χ1v) is 17.7. The van der Waals surface area contributed by atoms with Gasteiger partial charge in [0.2, 0.25) is 0 Å². The van der Waals surface area contributed by atoms with Crippen LogP contribution in [0.4, 0.5) is 17.1 Å². The molecule has 0 aliphatic rings. The topological polar surface area (TPSA) is 34.0 Å². The van der Waals surface area contributed by atoms with E-state index in [0.29, 0.717) is 0 Å². The van der Waals surface area contributed by atoms with Crippen LogP contribution in [-0.4, -0.2) is 14.5 Å². The van der Waals surface area contributed by atoms with Crippen molar-refractivity contribution in [3.05, 3.63) is 182 Å². The third-order valence-corrected chi connectivity index (χ3v) is 10.6. The number of hydrogen-bond acceptors (Lipinski definition) is 3. The van der Waals surface area contributed by atoms with Gasteiger partial charge in [0.05, 0.1) is 44.8 Å². The number of rotatable bonds is 4. The Morgan fingerprint density at radius 1 is 0.346 bits per heavy atom. The number of anilines is 3. The average Bonchev–Trinajstić information content (AvgIpc) is 3.56. The van der Waals surface area contributed by atoms with E-state index in [4.69, 9.17) is 9.97 Å². The van der Waals surface area contributed by atoms with Crippen LogP contribution < -0.4 is 4.90 Å². The van der Waals surface area contributed by atoms with Crippen LogP contribution >= 0.6 is 0 Å². The van der Waals surface area contributed by atoms with Crippen molar-refractivity contribution in [2.75, 3.05) is 4.90 Å². The monoisotopic (exact) mass is 662 g/mol. The Hall–Kier alpha value is -7.04. The van der Waals surface area contributed by atoms with Gasteiger partial charge >= 0.3 is 0 Å². The maximum absolute atomic E-state index is 4.75. The highest BCUT2D eigenvalue weighted by Crippen LogP contribution is 2.47. The minimum absolute atomic E-state index is 0.954. The quantitative estimate of drug-likeness (QED) is 0.188. The van der Waals surface area contributed by atoms with Crippen LogP contribution in [0, 0.1) is 0 Å². The molecule has 4 nitrogen and oxygen atoms in total. The van der Waals surface area contributed by atoms with Gasteiger partial charge in [-0.3, -0.25) is 9.97 Å². The Labute approximate surface area is 299 Å². The van der Waals surface area contributed by atoms with Crippen LogP contribution in [0.3, 0.4) is 0 Å². The molecule has 8 aromatic carbocycles. The lowest BCUT2D eigenvalue weighted by Crippen LogP contribution is -2.12. The summed E-state index contributed by atoms with van der Waals surface area (Å²) < 4.78 is 2.47. The Bertz CT molecular complexity index is 3120. The molecule has 0 bridgehead atoms. The second-order valence-electron chi connectivity index (χ2n) is 13.4. The van der Waals surface area contributed by atoms with Gasteiger partial charge < -0.3 is 9.47 Å². The smallest absolute Gasteiger partial charge is 0.0723 e. The standard InChI is InChI=1S/C48H30N4/c1-3-14-33-31(11-1)13-5-21-41(33)52-45-27-25-32-12-2-4-15-34(32)47(45)48-36-16-6-22-42(35(36)26-28-46(48)52)51(43-23-7-19-39-37(43)17-9-29-49-39)44-24-8-20-40-38(44)18-10-30-50-40/h1-30H. The highest BCUT2D eigenvalue weighted by atomic mass is 15.1. The number of aromatic nitrogens is 3. The first-order chi connectivity index (χ1) is 25.8. The van der Waals surface area contributed by atoms with Crippen molar-refractivity contribution in [1.29, 1.82) is 0 Å². The molecule has 0 spiro atoms. The van der Waals surface area contributed by atoms with Gasteiger partial charge in [0.1, 0.15) is 0 Å². The van der Waals surface area contributed by atoms with E-state index >= 15 is 0 Å². The zero-order valence-corrected chi connectivity index (χ0v) is 28.1. The van der Waals surface area contributed by atoms with Gasteiger partial charge in [-0.2, -0.15) is 0 Å². The number of pyridine rings is 2. The summed E-state index contributed by atoms with van der Waals surface area (Å²) in [6, 6.07) is 61.2. The fourth-order valence-electron chi connectivity index (χ4n) is 8.43. The second-order valence-corrected chi connectivity index (χ2v) is 13.4. The summed E-state index contributed by atoms with van der Waals surface area (Å²) in [7, 11) is 0. The molecule has 0 aliphatic carbocycles. The molecule has 0 amide bonds. The van der Waals surface area contributed by atoms with E-state index in [-0.39, 0.29) is 0 Å². The Kier molecular flexibility index (Phi) is 6.22. The van der Waals surface area contributed by atoms with E-state index in [1.165, 1.54) is 59.8 Å². The van der Waals surface area contributed by atoms with Crippen LogP contribution in [0.2, 0.25) is 0 Å². The van der Waals surface area contributed by atoms with Gasteiger partial charge in [0.15, 0.2) is 0 Å². The predicted molar refractivity (Wildman–Crippen MR) is 219 cm³/mol. The molecule has 0 unspecified atom stereocenters. The van der Waals surface area contributed by atoms with Gasteiger partial charge in [-0.25, -0.2) is 0 Å². The van der Waals surface area contributed by atoms with Gasteiger partial charge in [0.25, 0.3) is 0 Å². The van der Waals surface area contributed by atoms with Gasteiger partial charge in [-0.05, 0) is 94.3 Å². The molecule has 11 aromatic rings. The lowest BCUT2D eigenvalue weighted by Gasteiger charge is -2.29. The molecular weight excluding hydrogens is 633 g/mol. The van der Waals surface area contributed by atoms with Crippen molar-refractivity contribution in [2.45, 2.75) is 0 Å². The number of hydrogen-bond donors (Lipinski definition) is 0. The lowest BCUT2D eigenvalue weighted by atomic mass is 9.98. The lowest BCUT2D eigenvalue weighted by molar-refractivity contribution is 1.20. The van der Waals surface area contributed by atoms with E-state index in [0.717, 1.165) is 38.9 Å². The molecule has 0 atom stereocenters. The number of nitrogens with zero attached hydrogens (tertiary/aromatic N) is 4. The van der Waals surface area contributed by atoms with Crippen LogP contribution in [0.1, 0.15) is 0 Å². The van der Waals surface area contributed by atoms with Gasteiger partial charge in [-0.1, -0.05) is 97.1 Å². The highest BCUT2D eigenvalue weighted by Gasteiger charge is 2.23. The highest BCUT2D eigenvalue weighted by molar-refractivity contribution is 6.30. The van der Waals surface area contributed by atoms with E-state index in [2.05, 4.69) is 167 Å². The molecule has 0 N–H and O–H groups in total.